The number of rotatable bonds is 11. The van der Waals surface area contributed by atoms with Gasteiger partial charge in [-0.05, 0) is 37.2 Å². The van der Waals surface area contributed by atoms with Crippen molar-refractivity contribution in [1.82, 2.24) is 29.7 Å². The van der Waals surface area contributed by atoms with Gasteiger partial charge in [0.1, 0.15) is 29.6 Å². The number of methoxy groups -OCH3 is 1. The van der Waals surface area contributed by atoms with Gasteiger partial charge in [0.15, 0.2) is 12.5 Å². The molecule has 1 amide bonds. The molecule has 0 radical (unpaired) electrons. The minimum absolute atomic E-state index is 0.0494. The van der Waals surface area contributed by atoms with Crippen LogP contribution in [0, 0.1) is 11.8 Å². The third kappa shape index (κ3) is 5.59. The number of aromatic nitrogens is 5. The molecular formula is C27H36N8O6. The Bertz CT molecular complexity index is 1420. The van der Waals surface area contributed by atoms with Crippen molar-refractivity contribution in [2.24, 2.45) is 17.6 Å². The lowest BCUT2D eigenvalue weighted by Crippen LogP contribution is -2.68. The van der Waals surface area contributed by atoms with Crippen molar-refractivity contribution in [3.63, 3.8) is 0 Å². The summed E-state index contributed by atoms with van der Waals surface area (Å²) in [6.07, 6.45) is 5.75. The fourth-order valence-corrected chi connectivity index (χ4v) is 5.61. The molecule has 1 saturated heterocycles. The minimum Gasteiger partial charge on any atom is -0.444 e. The van der Waals surface area contributed by atoms with Crippen molar-refractivity contribution in [1.29, 1.82) is 0 Å². The first-order valence-corrected chi connectivity index (χ1v) is 13.9. The molecular weight excluding hydrogens is 532 g/mol. The van der Waals surface area contributed by atoms with Crippen LogP contribution < -0.4 is 16.4 Å². The zero-order chi connectivity index (χ0) is 28.7. The van der Waals surface area contributed by atoms with Gasteiger partial charge in [-0.15, -0.1) is 0 Å². The van der Waals surface area contributed by atoms with Gasteiger partial charge in [0.2, 0.25) is 0 Å². The number of hydrogen-bond donors (Lipinski definition) is 3. The second-order valence-corrected chi connectivity index (χ2v) is 11.6. The summed E-state index contributed by atoms with van der Waals surface area (Å²) < 4.78 is 25.5. The van der Waals surface area contributed by atoms with Crippen molar-refractivity contribution in [2.75, 3.05) is 19.0 Å². The van der Waals surface area contributed by atoms with Gasteiger partial charge in [-0.2, -0.15) is 10.2 Å². The Balaban J connectivity index is 1.18. The number of fused-ring (bicyclic) bond motifs is 1. The highest BCUT2D eigenvalue weighted by Gasteiger charge is 2.57. The van der Waals surface area contributed by atoms with Crippen molar-refractivity contribution < 1.29 is 28.5 Å². The zero-order valence-corrected chi connectivity index (χ0v) is 23.4. The van der Waals surface area contributed by atoms with Gasteiger partial charge in [-0.3, -0.25) is 4.79 Å². The minimum atomic E-state index is -0.754. The molecule has 4 heterocycles. The van der Waals surface area contributed by atoms with E-state index in [2.05, 4.69) is 25.8 Å². The van der Waals surface area contributed by atoms with E-state index in [1.807, 2.05) is 26.0 Å². The van der Waals surface area contributed by atoms with E-state index >= 15 is 0 Å². The quantitative estimate of drug-likeness (QED) is 0.290. The van der Waals surface area contributed by atoms with Crippen LogP contribution >= 0.6 is 0 Å². The number of ether oxygens (including phenoxy) is 4. The number of carbonyl (C=O) groups excluding carboxylic acids is 2. The Morgan fingerprint density at radius 1 is 1.24 bits per heavy atom. The monoisotopic (exact) mass is 568 g/mol. The number of hydrogen-bond acceptors (Lipinski definition) is 11. The first-order chi connectivity index (χ1) is 19.7. The first-order valence-electron chi connectivity index (χ1n) is 13.9. The highest BCUT2D eigenvalue weighted by Crippen LogP contribution is 2.57. The number of nitrogens with one attached hydrogen (secondary N) is 2. The largest absolute Gasteiger partial charge is 0.444 e. The van der Waals surface area contributed by atoms with Gasteiger partial charge in [0, 0.05) is 37.5 Å². The second kappa shape index (κ2) is 10.9. The second-order valence-electron chi connectivity index (χ2n) is 11.6. The fourth-order valence-electron chi connectivity index (χ4n) is 5.61. The maximum atomic E-state index is 12.5. The molecule has 3 saturated carbocycles. The van der Waals surface area contributed by atoms with Gasteiger partial charge in [-0.25, -0.2) is 19.0 Å². The maximum Gasteiger partial charge on any atom is 0.407 e. The normalized spacial score (nSPS) is 25.4. The predicted octanol–water partition coefficient (Wildman–Crippen LogP) is 2.41. The van der Waals surface area contributed by atoms with Crippen LogP contribution in [0.25, 0.3) is 5.52 Å². The van der Waals surface area contributed by atoms with Gasteiger partial charge in [0.25, 0.3) is 0 Å². The Morgan fingerprint density at radius 3 is 2.76 bits per heavy atom. The number of carbonyl (C=O) groups is 2. The van der Waals surface area contributed by atoms with Gasteiger partial charge in [0.05, 0.1) is 24.6 Å². The van der Waals surface area contributed by atoms with Gasteiger partial charge in [-0.1, -0.05) is 13.8 Å². The molecule has 3 atom stereocenters. The number of nitrogens with zero attached hydrogens (tertiary/aromatic N) is 5. The predicted molar refractivity (Wildman–Crippen MR) is 145 cm³/mol. The summed E-state index contributed by atoms with van der Waals surface area (Å²) in [6.45, 7) is 4.16. The smallest absolute Gasteiger partial charge is 0.407 e. The molecule has 7 rings (SSSR count). The third-order valence-corrected chi connectivity index (χ3v) is 8.07. The summed E-state index contributed by atoms with van der Waals surface area (Å²) in [5.74, 6) is 1.21. The Labute approximate surface area is 236 Å². The molecule has 41 heavy (non-hydrogen) atoms. The zero-order valence-electron chi connectivity index (χ0n) is 23.4. The van der Waals surface area contributed by atoms with Gasteiger partial charge < -0.3 is 35.3 Å². The Hall–Kier alpha value is -3.75. The summed E-state index contributed by atoms with van der Waals surface area (Å²) in [5.41, 5.74) is 8.00. The number of amides is 1. The van der Waals surface area contributed by atoms with E-state index < -0.39 is 30.3 Å². The number of anilines is 2. The van der Waals surface area contributed by atoms with Crippen LogP contribution in [0.3, 0.4) is 0 Å². The molecule has 4 aliphatic rings. The van der Waals surface area contributed by atoms with E-state index in [0.717, 1.165) is 36.4 Å². The number of esters is 1. The average molecular weight is 569 g/mol. The molecule has 0 spiro atoms. The van der Waals surface area contributed by atoms with Crippen LogP contribution in [0.4, 0.5) is 16.4 Å². The van der Waals surface area contributed by atoms with E-state index in [-0.39, 0.29) is 24.8 Å². The standard InChI is InChI=1S/C27H36N8O6/c1-15(2)23(28)25(36)40-14-35-22(30-24-20-6-17(12-38-3)32-34(20)5-4-29-24)8-19(33-35)21-7-18(13-39-21)41-26(37)31-27-9-16(10-27)11-27/h4-6,8,15-16,18,21,23H,7,9-14,28H2,1-3H3,(H,29,30)(H,31,37)/t16?,18-,21-,23+,27?/m1/s1. The fraction of sp³-hybridized carbons (Fsp3) is 0.593. The number of nitrogens with two attached hydrogens (primary N) is 1. The first kappa shape index (κ1) is 27.4. The summed E-state index contributed by atoms with van der Waals surface area (Å²) in [7, 11) is 1.61. The summed E-state index contributed by atoms with van der Waals surface area (Å²) in [6, 6.07) is 2.93. The van der Waals surface area contributed by atoms with Crippen molar-refractivity contribution >= 4 is 29.2 Å². The Morgan fingerprint density at radius 2 is 2.05 bits per heavy atom. The molecule has 3 aromatic rings. The molecule has 14 heteroatoms. The molecule has 14 nitrogen and oxygen atoms in total. The summed E-state index contributed by atoms with van der Waals surface area (Å²) in [4.78, 5) is 29.4. The molecule has 1 aliphatic heterocycles. The van der Waals surface area contributed by atoms with Crippen LogP contribution in [0.5, 0.6) is 0 Å². The highest BCUT2D eigenvalue weighted by molar-refractivity contribution is 5.76. The van der Waals surface area contributed by atoms with Crippen molar-refractivity contribution in [3.8, 4) is 0 Å². The van der Waals surface area contributed by atoms with E-state index in [1.54, 1.807) is 24.0 Å². The maximum absolute atomic E-state index is 12.5. The van der Waals surface area contributed by atoms with E-state index in [4.69, 9.17) is 24.7 Å². The van der Waals surface area contributed by atoms with Crippen LogP contribution in [0.2, 0.25) is 0 Å². The highest BCUT2D eigenvalue weighted by atomic mass is 16.6. The number of alkyl carbamates (subject to hydrolysis) is 1. The molecule has 4 N–H and O–H groups in total. The summed E-state index contributed by atoms with van der Waals surface area (Å²) in [5, 5.41) is 15.5. The molecule has 3 aliphatic carbocycles. The van der Waals surface area contributed by atoms with Crippen molar-refractivity contribution in [3.05, 3.63) is 35.9 Å². The van der Waals surface area contributed by atoms with E-state index in [1.165, 1.54) is 4.68 Å². The SMILES string of the molecule is COCc1cc2c(Nc3cc([C@H]4C[C@@H](OC(=O)NC56CC(C5)C6)CO4)nn3COC(=O)[C@@H](N)C(C)C)nccn2n1. The van der Waals surface area contributed by atoms with Gasteiger partial charge >= 0.3 is 12.1 Å². The topological polar surface area (TPSA) is 169 Å². The van der Waals surface area contributed by atoms with Crippen molar-refractivity contribution in [2.45, 2.75) is 76.7 Å². The molecule has 220 valence electrons. The molecule has 0 unspecified atom stereocenters. The molecule has 0 aromatic carbocycles. The third-order valence-electron chi connectivity index (χ3n) is 8.07. The van der Waals surface area contributed by atoms with E-state index in [0.29, 0.717) is 30.4 Å². The van der Waals surface area contributed by atoms with Crippen LogP contribution in [-0.4, -0.2) is 67.8 Å². The lowest BCUT2D eigenvalue weighted by molar-refractivity contribution is -0.150. The van der Waals surface area contributed by atoms with E-state index in [9.17, 15) is 9.59 Å². The Kier molecular flexibility index (Phi) is 7.30. The molecule has 3 aromatic heterocycles. The lowest BCUT2D eigenvalue weighted by atomic mass is 9.50. The van der Waals surface area contributed by atoms with Crippen LogP contribution in [-0.2, 0) is 37.1 Å². The lowest BCUT2D eigenvalue weighted by Gasteiger charge is -2.61. The van der Waals surface area contributed by atoms with Crippen LogP contribution in [0.1, 0.15) is 57.0 Å². The molecule has 4 fully saturated rings. The van der Waals surface area contributed by atoms with Crippen LogP contribution in [0.15, 0.2) is 24.5 Å². The molecule has 2 bridgehead atoms. The average Bonchev–Trinajstić information content (AvgIpc) is 3.62. The summed E-state index contributed by atoms with van der Waals surface area (Å²) >= 11 is 0.